The number of sulfone groups is 1. The summed E-state index contributed by atoms with van der Waals surface area (Å²) in [6.07, 6.45) is 3.21. The van der Waals surface area contributed by atoms with E-state index in [0.29, 0.717) is 16.6 Å². The Hall–Kier alpha value is -0.890. The third-order valence-corrected chi connectivity index (χ3v) is 4.15. The van der Waals surface area contributed by atoms with Crippen molar-refractivity contribution < 1.29 is 8.42 Å². The SMILES string of the molecule is CC(CCS(C)(=O)=O)Nc1cnn(C)c(=O)c1Br. The van der Waals surface area contributed by atoms with Gasteiger partial charge in [0.25, 0.3) is 5.56 Å². The van der Waals surface area contributed by atoms with Gasteiger partial charge in [0.2, 0.25) is 0 Å². The molecule has 18 heavy (non-hydrogen) atoms. The summed E-state index contributed by atoms with van der Waals surface area (Å²) in [7, 11) is -1.41. The van der Waals surface area contributed by atoms with Crippen molar-refractivity contribution in [1.82, 2.24) is 9.78 Å². The van der Waals surface area contributed by atoms with Gasteiger partial charge in [-0.3, -0.25) is 4.79 Å². The van der Waals surface area contributed by atoms with E-state index in [1.165, 1.54) is 17.1 Å². The Bertz CT molecular complexity index is 583. The molecule has 0 aliphatic carbocycles. The van der Waals surface area contributed by atoms with Crippen molar-refractivity contribution in [3.63, 3.8) is 0 Å². The molecule has 0 radical (unpaired) electrons. The van der Waals surface area contributed by atoms with Crippen molar-refractivity contribution in [1.29, 1.82) is 0 Å². The zero-order chi connectivity index (χ0) is 13.9. The maximum Gasteiger partial charge on any atom is 0.282 e. The maximum atomic E-state index is 11.6. The topological polar surface area (TPSA) is 81.1 Å². The van der Waals surface area contributed by atoms with Gasteiger partial charge < -0.3 is 5.32 Å². The first kappa shape index (κ1) is 15.2. The molecule has 6 nitrogen and oxygen atoms in total. The van der Waals surface area contributed by atoms with Crippen LogP contribution in [-0.4, -0.2) is 36.2 Å². The van der Waals surface area contributed by atoms with E-state index in [2.05, 4.69) is 26.3 Å². The van der Waals surface area contributed by atoms with Crippen LogP contribution in [0, 0.1) is 0 Å². The predicted octanol–water partition coefficient (Wildman–Crippen LogP) is 0.778. The third kappa shape index (κ3) is 4.41. The number of nitrogens with zero attached hydrogens (tertiary/aromatic N) is 2. The van der Waals surface area contributed by atoms with Crippen LogP contribution in [0.25, 0.3) is 0 Å². The van der Waals surface area contributed by atoms with Gasteiger partial charge in [-0.15, -0.1) is 0 Å². The summed E-state index contributed by atoms with van der Waals surface area (Å²) < 4.78 is 23.7. The predicted molar refractivity (Wildman–Crippen MR) is 74.6 cm³/mol. The second-order valence-corrected chi connectivity index (χ2v) is 7.32. The molecule has 1 N–H and O–H groups in total. The van der Waals surface area contributed by atoms with E-state index in [1.54, 1.807) is 7.05 Å². The molecule has 102 valence electrons. The van der Waals surface area contributed by atoms with Crippen LogP contribution in [0.2, 0.25) is 0 Å². The van der Waals surface area contributed by atoms with E-state index in [4.69, 9.17) is 0 Å². The Morgan fingerprint density at radius 1 is 1.56 bits per heavy atom. The Balaban J connectivity index is 2.74. The average molecular weight is 338 g/mol. The van der Waals surface area contributed by atoms with Gasteiger partial charge >= 0.3 is 0 Å². The minimum atomic E-state index is -2.97. The molecule has 1 aromatic heterocycles. The minimum absolute atomic E-state index is 0.0649. The number of aryl methyl sites for hydroxylation is 1. The van der Waals surface area contributed by atoms with Crippen LogP contribution in [-0.2, 0) is 16.9 Å². The van der Waals surface area contributed by atoms with Gasteiger partial charge in [0.1, 0.15) is 14.3 Å². The van der Waals surface area contributed by atoms with Gasteiger partial charge in [-0.05, 0) is 29.3 Å². The second-order valence-electron chi connectivity index (χ2n) is 4.26. The van der Waals surface area contributed by atoms with Crippen LogP contribution < -0.4 is 10.9 Å². The van der Waals surface area contributed by atoms with Crippen LogP contribution in [0.15, 0.2) is 15.5 Å². The number of nitrogens with one attached hydrogen (secondary N) is 1. The monoisotopic (exact) mass is 337 g/mol. The van der Waals surface area contributed by atoms with Crippen LogP contribution in [0.5, 0.6) is 0 Å². The molecule has 1 unspecified atom stereocenters. The molecular weight excluding hydrogens is 322 g/mol. The first-order valence-electron chi connectivity index (χ1n) is 5.37. The second kappa shape index (κ2) is 5.83. The molecule has 0 amide bonds. The molecule has 0 saturated heterocycles. The smallest absolute Gasteiger partial charge is 0.282 e. The lowest BCUT2D eigenvalue weighted by Crippen LogP contribution is -2.25. The fourth-order valence-electron chi connectivity index (χ4n) is 1.34. The number of rotatable bonds is 5. The first-order chi connectivity index (χ1) is 8.20. The molecule has 0 aliphatic rings. The Labute approximate surface area is 114 Å². The lowest BCUT2D eigenvalue weighted by molar-refractivity contribution is 0.595. The van der Waals surface area contributed by atoms with Crippen LogP contribution in [0.1, 0.15) is 13.3 Å². The van der Waals surface area contributed by atoms with Crippen molar-refractivity contribution in [2.75, 3.05) is 17.3 Å². The number of halogens is 1. The summed E-state index contributed by atoms with van der Waals surface area (Å²) >= 11 is 3.20. The highest BCUT2D eigenvalue weighted by atomic mass is 79.9. The number of aromatic nitrogens is 2. The summed E-state index contributed by atoms with van der Waals surface area (Å²) in [6.45, 7) is 1.86. The average Bonchev–Trinajstić information content (AvgIpc) is 2.26. The largest absolute Gasteiger partial charge is 0.380 e. The van der Waals surface area contributed by atoms with Gasteiger partial charge in [0, 0.05) is 19.3 Å². The van der Waals surface area contributed by atoms with Gasteiger partial charge in [0.05, 0.1) is 17.6 Å². The highest BCUT2D eigenvalue weighted by Gasteiger charge is 2.11. The lowest BCUT2D eigenvalue weighted by atomic mass is 10.2. The molecule has 1 heterocycles. The molecule has 1 rings (SSSR count). The van der Waals surface area contributed by atoms with Crippen molar-refractivity contribution in [3.05, 3.63) is 21.0 Å². The van der Waals surface area contributed by atoms with E-state index in [-0.39, 0.29) is 17.4 Å². The molecule has 0 bridgehead atoms. The Morgan fingerprint density at radius 2 is 2.17 bits per heavy atom. The van der Waals surface area contributed by atoms with Gasteiger partial charge in [-0.2, -0.15) is 5.10 Å². The number of hydrogen-bond donors (Lipinski definition) is 1. The summed E-state index contributed by atoms with van der Waals surface area (Å²) in [5.41, 5.74) is 0.328. The van der Waals surface area contributed by atoms with Crippen molar-refractivity contribution in [2.45, 2.75) is 19.4 Å². The maximum absolute atomic E-state index is 11.6. The van der Waals surface area contributed by atoms with Crippen molar-refractivity contribution >= 4 is 31.5 Å². The molecular formula is C10H16BrN3O3S. The Morgan fingerprint density at radius 3 is 2.72 bits per heavy atom. The zero-order valence-electron chi connectivity index (χ0n) is 10.5. The number of anilines is 1. The van der Waals surface area contributed by atoms with Gasteiger partial charge in [-0.1, -0.05) is 0 Å². The molecule has 0 saturated carbocycles. The molecule has 0 spiro atoms. The first-order valence-corrected chi connectivity index (χ1v) is 8.22. The highest BCUT2D eigenvalue weighted by molar-refractivity contribution is 9.10. The van der Waals surface area contributed by atoms with Crippen molar-refractivity contribution in [2.24, 2.45) is 7.05 Å². The quantitative estimate of drug-likeness (QED) is 0.858. The third-order valence-electron chi connectivity index (χ3n) is 2.40. The fraction of sp³-hybridized carbons (Fsp3) is 0.600. The molecule has 0 aromatic carbocycles. The highest BCUT2D eigenvalue weighted by Crippen LogP contribution is 2.17. The molecule has 0 aliphatic heterocycles. The Kier molecular flexibility index (Phi) is 4.92. The summed E-state index contributed by atoms with van der Waals surface area (Å²) in [4.78, 5) is 11.6. The minimum Gasteiger partial charge on any atom is -0.380 e. The zero-order valence-corrected chi connectivity index (χ0v) is 12.9. The molecule has 8 heteroatoms. The standard InChI is InChI=1S/C10H16BrN3O3S/c1-7(4-5-18(3,16)17)13-8-6-12-14(2)10(15)9(8)11/h6-7,13H,4-5H2,1-3H3. The van der Waals surface area contributed by atoms with Crippen LogP contribution in [0.4, 0.5) is 5.69 Å². The lowest BCUT2D eigenvalue weighted by Gasteiger charge is -2.15. The van der Waals surface area contributed by atoms with E-state index < -0.39 is 9.84 Å². The van der Waals surface area contributed by atoms with Gasteiger partial charge in [0.15, 0.2) is 0 Å². The summed E-state index contributed by atoms with van der Waals surface area (Å²) in [5.74, 6) is 0.108. The number of hydrogen-bond acceptors (Lipinski definition) is 5. The van der Waals surface area contributed by atoms with Crippen molar-refractivity contribution in [3.8, 4) is 0 Å². The summed E-state index contributed by atoms with van der Waals surface area (Å²) in [6, 6.07) is -0.0649. The molecule has 0 fully saturated rings. The van der Waals surface area contributed by atoms with Crippen LogP contribution in [0.3, 0.4) is 0 Å². The normalized spacial score (nSPS) is 13.3. The molecule has 1 atom stereocenters. The van der Waals surface area contributed by atoms with E-state index in [0.717, 1.165) is 0 Å². The van der Waals surface area contributed by atoms with Crippen LogP contribution >= 0.6 is 15.9 Å². The summed E-state index contributed by atoms with van der Waals surface area (Å²) in [5, 5.41) is 6.96. The van der Waals surface area contributed by atoms with E-state index in [9.17, 15) is 13.2 Å². The molecule has 1 aromatic rings. The fourth-order valence-corrected chi connectivity index (χ4v) is 2.59. The van der Waals surface area contributed by atoms with E-state index >= 15 is 0 Å². The van der Waals surface area contributed by atoms with E-state index in [1.807, 2.05) is 6.92 Å². The van der Waals surface area contributed by atoms with Gasteiger partial charge in [-0.25, -0.2) is 13.1 Å².